The number of aliphatic hydroxyl groups is 1. The minimum absolute atomic E-state index is 0.000000000000000222. The molecule has 24 valence electrons. The zero-order chi connectivity index (χ0) is 2.99. The van der Waals surface area contributed by atoms with Gasteiger partial charge in [0.1, 0.15) is 5.44 Å². The second kappa shape index (κ2) is 0.626. The maximum Gasteiger partial charge on any atom is 0.108 e. The summed E-state index contributed by atoms with van der Waals surface area (Å²) in [5.41, 5.74) is -0.000000000000000222. The largest absolute Gasteiger partial charge is 0.382 e. The Hall–Kier alpha value is 0.310. The summed E-state index contributed by atoms with van der Waals surface area (Å²) < 4.78 is 0. The molecule has 1 aliphatic rings. The Morgan fingerprint density at radius 1 is 2.00 bits per heavy atom. The van der Waals surface area contributed by atoms with Crippen molar-refractivity contribution in [3.8, 4) is 0 Å². The second-order valence-corrected chi connectivity index (χ2v) is 2.00. The van der Waals surface area contributed by atoms with E-state index in [4.69, 9.17) is 5.11 Å². The highest BCUT2D eigenvalue weighted by Crippen LogP contribution is 2.25. The molecule has 1 fully saturated rings. The van der Waals surface area contributed by atoms with E-state index in [1.165, 1.54) is 0 Å². The molecule has 1 unspecified atom stereocenters. The normalized spacial score (nSPS) is 39.8. The van der Waals surface area contributed by atoms with Gasteiger partial charge in [-0.05, 0) is 0 Å². The highest BCUT2D eigenvalue weighted by atomic mass is 32.2. The van der Waals surface area contributed by atoms with Crippen LogP contribution in [0.2, 0.25) is 0 Å². The van der Waals surface area contributed by atoms with E-state index in [-0.39, 0.29) is 5.44 Å². The lowest BCUT2D eigenvalue weighted by molar-refractivity contribution is 0.313. The molecule has 1 rings (SSSR count). The minimum atomic E-state index is -0.000000000000000222. The second-order valence-electron chi connectivity index (χ2n) is 0.788. The van der Waals surface area contributed by atoms with Crippen LogP contribution in [0.5, 0.6) is 0 Å². The number of hydrogen-bond acceptors (Lipinski definition) is 2. The summed E-state index contributed by atoms with van der Waals surface area (Å²) in [5.74, 6) is 0.958. The molecule has 0 radical (unpaired) electrons. The maximum atomic E-state index is 8.13. The van der Waals surface area contributed by atoms with E-state index in [0.717, 1.165) is 5.75 Å². The van der Waals surface area contributed by atoms with Crippen molar-refractivity contribution in [1.29, 1.82) is 0 Å². The molecule has 0 bridgehead atoms. The van der Waals surface area contributed by atoms with E-state index in [2.05, 4.69) is 0 Å². The third-order valence-corrected chi connectivity index (χ3v) is 0.947. The van der Waals surface area contributed by atoms with Crippen molar-refractivity contribution in [3.63, 3.8) is 0 Å². The fourth-order valence-electron chi connectivity index (χ4n) is 0.0430. The molecule has 0 aromatic heterocycles. The minimum Gasteiger partial charge on any atom is -0.382 e. The molecular weight excluding hydrogens is 72.1 g/mol. The highest BCUT2D eigenvalue weighted by molar-refractivity contribution is 8.06. The first-order valence-corrected chi connectivity index (χ1v) is 2.24. The Labute approximate surface area is 29.0 Å². The lowest BCUT2D eigenvalue weighted by Crippen LogP contribution is -1.67. The van der Waals surface area contributed by atoms with E-state index in [1.54, 1.807) is 11.8 Å². The first-order chi connectivity index (χ1) is 1.89. The zero-order valence-corrected chi connectivity index (χ0v) is 2.96. The number of aliphatic hydroxyl groups excluding tert-OH is 1. The SMILES string of the molecule is OC1CS1. The van der Waals surface area contributed by atoms with Gasteiger partial charge in [-0.15, -0.1) is 11.8 Å². The zero-order valence-electron chi connectivity index (χ0n) is 2.14. The molecule has 0 saturated carbocycles. The molecule has 0 aromatic rings. The smallest absolute Gasteiger partial charge is 0.108 e. The maximum absolute atomic E-state index is 8.13. The fourth-order valence-corrected chi connectivity index (χ4v) is 0.129. The summed E-state index contributed by atoms with van der Waals surface area (Å²) in [5, 5.41) is 8.13. The third kappa shape index (κ3) is 0.362. The van der Waals surface area contributed by atoms with Gasteiger partial charge in [-0.1, -0.05) is 0 Å². The molecule has 2 heteroatoms. The van der Waals surface area contributed by atoms with E-state index >= 15 is 0 Å². The quantitative estimate of drug-likeness (QED) is 0.411. The number of thioether (sulfide) groups is 1. The summed E-state index contributed by atoms with van der Waals surface area (Å²) in [6.07, 6.45) is 0. The molecule has 0 aromatic carbocycles. The fraction of sp³-hybridized carbons (Fsp3) is 1.00. The van der Waals surface area contributed by atoms with Crippen LogP contribution in [-0.2, 0) is 0 Å². The Morgan fingerprint density at radius 2 is 2.25 bits per heavy atom. The van der Waals surface area contributed by atoms with Crippen LogP contribution in [-0.4, -0.2) is 16.3 Å². The average molecular weight is 76.1 g/mol. The van der Waals surface area contributed by atoms with Crippen molar-refractivity contribution in [2.75, 3.05) is 5.75 Å². The molecule has 1 atom stereocenters. The van der Waals surface area contributed by atoms with E-state index in [9.17, 15) is 0 Å². The van der Waals surface area contributed by atoms with Gasteiger partial charge < -0.3 is 5.11 Å². The van der Waals surface area contributed by atoms with Crippen LogP contribution in [0.1, 0.15) is 0 Å². The lowest BCUT2D eigenvalue weighted by Gasteiger charge is -1.55. The summed E-state index contributed by atoms with van der Waals surface area (Å²) in [7, 11) is 0. The standard InChI is InChI=1S/C2H4OS/c3-2-1-4-2/h2-3H,1H2. The van der Waals surface area contributed by atoms with Gasteiger partial charge in [-0.3, -0.25) is 0 Å². The van der Waals surface area contributed by atoms with Crippen LogP contribution in [0.15, 0.2) is 0 Å². The van der Waals surface area contributed by atoms with Gasteiger partial charge in [0, 0.05) is 5.75 Å². The van der Waals surface area contributed by atoms with Gasteiger partial charge in [0.15, 0.2) is 0 Å². The van der Waals surface area contributed by atoms with Crippen LogP contribution in [0.25, 0.3) is 0 Å². The first kappa shape index (κ1) is 2.54. The first-order valence-electron chi connectivity index (χ1n) is 1.19. The average Bonchev–Trinajstić information content (AvgIpc) is 1.75. The molecule has 4 heavy (non-hydrogen) atoms. The van der Waals surface area contributed by atoms with Gasteiger partial charge in [0.2, 0.25) is 0 Å². The van der Waals surface area contributed by atoms with Crippen LogP contribution >= 0.6 is 11.8 Å². The van der Waals surface area contributed by atoms with E-state index in [0.29, 0.717) is 0 Å². The van der Waals surface area contributed by atoms with Gasteiger partial charge >= 0.3 is 0 Å². The molecule has 0 spiro atoms. The van der Waals surface area contributed by atoms with Crippen molar-refractivity contribution < 1.29 is 5.11 Å². The summed E-state index contributed by atoms with van der Waals surface area (Å²) in [6.45, 7) is 0. The van der Waals surface area contributed by atoms with Crippen molar-refractivity contribution in [2.24, 2.45) is 0 Å². The van der Waals surface area contributed by atoms with Gasteiger partial charge in [-0.25, -0.2) is 0 Å². The lowest BCUT2D eigenvalue weighted by atomic mass is 10.9. The Kier molecular flexibility index (Phi) is 0.398. The van der Waals surface area contributed by atoms with Crippen molar-refractivity contribution in [3.05, 3.63) is 0 Å². The number of hydrogen-bond donors (Lipinski definition) is 1. The summed E-state index contributed by atoms with van der Waals surface area (Å²) in [6, 6.07) is 0. The molecule has 1 heterocycles. The molecular formula is C2H4OS. The topological polar surface area (TPSA) is 20.2 Å². The third-order valence-electron chi connectivity index (χ3n) is 0.316. The highest BCUT2D eigenvalue weighted by Gasteiger charge is 2.16. The van der Waals surface area contributed by atoms with Gasteiger partial charge in [-0.2, -0.15) is 0 Å². The Morgan fingerprint density at radius 3 is 2.25 bits per heavy atom. The van der Waals surface area contributed by atoms with E-state index < -0.39 is 0 Å². The molecule has 1 nitrogen and oxygen atoms in total. The monoisotopic (exact) mass is 76.0 g/mol. The molecule has 1 saturated heterocycles. The molecule has 1 aliphatic heterocycles. The van der Waals surface area contributed by atoms with Crippen LogP contribution < -0.4 is 0 Å². The van der Waals surface area contributed by atoms with Gasteiger partial charge in [0.05, 0.1) is 0 Å². The summed E-state index contributed by atoms with van der Waals surface area (Å²) >= 11 is 1.58. The van der Waals surface area contributed by atoms with Crippen LogP contribution in [0, 0.1) is 0 Å². The van der Waals surface area contributed by atoms with Crippen molar-refractivity contribution >= 4 is 11.8 Å². The van der Waals surface area contributed by atoms with E-state index in [1.807, 2.05) is 0 Å². The van der Waals surface area contributed by atoms with Crippen LogP contribution in [0.3, 0.4) is 0 Å². The predicted molar refractivity (Wildman–Crippen MR) is 18.5 cm³/mol. The Balaban J connectivity index is 2.17. The number of rotatable bonds is 0. The van der Waals surface area contributed by atoms with Gasteiger partial charge in [0.25, 0.3) is 0 Å². The molecule has 0 amide bonds. The van der Waals surface area contributed by atoms with Crippen molar-refractivity contribution in [1.82, 2.24) is 0 Å². The predicted octanol–water partition coefficient (Wildman–Crippen LogP) is 0.0516. The van der Waals surface area contributed by atoms with Crippen molar-refractivity contribution in [2.45, 2.75) is 5.44 Å². The van der Waals surface area contributed by atoms with Crippen LogP contribution in [0.4, 0.5) is 0 Å². The Bertz CT molecular complexity index is 25.2. The molecule has 0 aliphatic carbocycles. The summed E-state index contributed by atoms with van der Waals surface area (Å²) in [4.78, 5) is 0. The molecule has 1 N–H and O–H groups in total.